The van der Waals surface area contributed by atoms with Crippen molar-refractivity contribution in [3.63, 3.8) is 0 Å². The lowest BCUT2D eigenvalue weighted by Gasteiger charge is -2.45. The van der Waals surface area contributed by atoms with Gasteiger partial charge in [-0.25, -0.2) is 8.42 Å². The molecule has 1 amide bonds. The molecule has 34 heavy (non-hydrogen) atoms. The Morgan fingerprint density at radius 1 is 1.32 bits per heavy atom. The number of rotatable bonds is 6. The van der Waals surface area contributed by atoms with Crippen LogP contribution >= 0.6 is 11.6 Å². The number of halogens is 4. The normalized spacial score (nSPS) is 22.2. The summed E-state index contributed by atoms with van der Waals surface area (Å²) in [5, 5.41) is 4.08. The van der Waals surface area contributed by atoms with Crippen LogP contribution in [0.2, 0.25) is 5.02 Å². The van der Waals surface area contributed by atoms with Gasteiger partial charge in [-0.05, 0) is 56.4 Å². The van der Waals surface area contributed by atoms with Crippen LogP contribution in [0.15, 0.2) is 35.4 Å². The number of carbonyl (C=O) groups is 1. The molecule has 0 spiro atoms. The monoisotopic (exact) mass is 516 g/mol. The van der Waals surface area contributed by atoms with Gasteiger partial charge in [0.15, 0.2) is 0 Å². The highest BCUT2D eigenvalue weighted by molar-refractivity contribution is 7.93. The van der Waals surface area contributed by atoms with E-state index in [9.17, 15) is 26.4 Å². The maximum atomic E-state index is 12.9. The van der Waals surface area contributed by atoms with Crippen molar-refractivity contribution in [2.45, 2.75) is 50.9 Å². The first-order valence-electron chi connectivity index (χ1n) is 10.6. The van der Waals surface area contributed by atoms with Gasteiger partial charge in [0.1, 0.15) is 6.04 Å². The number of allylic oxidation sites excluding steroid dienone is 1. The van der Waals surface area contributed by atoms with Gasteiger partial charge in [-0.2, -0.15) is 17.9 Å². The molecule has 1 unspecified atom stereocenters. The van der Waals surface area contributed by atoms with E-state index in [2.05, 4.69) is 10.3 Å². The minimum Gasteiger partial charge on any atom is -0.375 e. The van der Waals surface area contributed by atoms with Gasteiger partial charge in [-0.3, -0.25) is 4.79 Å². The average Bonchev–Trinajstić information content (AvgIpc) is 3.05. The van der Waals surface area contributed by atoms with E-state index < -0.39 is 33.7 Å². The van der Waals surface area contributed by atoms with Crippen molar-refractivity contribution in [3.05, 3.63) is 57.2 Å². The van der Waals surface area contributed by atoms with Gasteiger partial charge < -0.3 is 16.0 Å². The molecule has 5 N–H and O–H groups in total. The molecule has 1 aliphatic carbocycles. The Bertz CT molecular complexity index is 1330. The molecule has 0 radical (unpaired) electrons. The smallest absolute Gasteiger partial charge is 0.375 e. The first-order chi connectivity index (χ1) is 15.8. The number of primary amides is 1. The molecule has 0 bridgehead atoms. The molecule has 2 aliphatic rings. The van der Waals surface area contributed by atoms with E-state index in [-0.39, 0.29) is 16.4 Å². The predicted octanol–water partition coefficient (Wildman–Crippen LogP) is 4.10. The Morgan fingerprint density at radius 2 is 2.00 bits per heavy atom. The lowest BCUT2D eigenvalue weighted by Crippen LogP contribution is -2.50. The molecule has 1 aliphatic heterocycles. The van der Waals surface area contributed by atoms with Crippen molar-refractivity contribution in [3.8, 4) is 0 Å². The zero-order valence-corrected chi connectivity index (χ0v) is 20.0. The molecular weight excluding hydrogens is 493 g/mol. The van der Waals surface area contributed by atoms with Crippen LogP contribution in [0.3, 0.4) is 0 Å². The molecule has 1 saturated carbocycles. The Labute approximate surface area is 199 Å². The summed E-state index contributed by atoms with van der Waals surface area (Å²) in [5.41, 5.74) is 6.87. The van der Waals surface area contributed by atoms with Crippen molar-refractivity contribution in [1.29, 1.82) is 0 Å². The summed E-state index contributed by atoms with van der Waals surface area (Å²) in [4.78, 5) is 15.4. The Balaban J connectivity index is 1.79. The SMILES string of the molecule is Cc1cc2[nH]c(C3(C4CCC4)C=CC(S(=O)(=O)N[C@H](C)C(F)(F)F)=CN3)c(C(N)=O)c2cc1Cl. The quantitative estimate of drug-likeness (QED) is 0.462. The van der Waals surface area contributed by atoms with Crippen molar-refractivity contribution in [1.82, 2.24) is 15.0 Å². The highest BCUT2D eigenvalue weighted by atomic mass is 35.5. The summed E-state index contributed by atoms with van der Waals surface area (Å²) in [6, 6.07) is 1.19. The molecule has 2 aromatic rings. The van der Waals surface area contributed by atoms with E-state index in [0.717, 1.165) is 37.9 Å². The van der Waals surface area contributed by atoms with Gasteiger partial charge in [-0.15, -0.1) is 0 Å². The lowest BCUT2D eigenvalue weighted by molar-refractivity contribution is -0.146. The van der Waals surface area contributed by atoms with Gasteiger partial charge in [0.25, 0.3) is 5.91 Å². The highest BCUT2D eigenvalue weighted by Gasteiger charge is 2.46. The van der Waals surface area contributed by atoms with Crippen molar-refractivity contribution in [2.24, 2.45) is 11.7 Å². The van der Waals surface area contributed by atoms with Crippen LogP contribution in [0.25, 0.3) is 10.9 Å². The summed E-state index contributed by atoms with van der Waals surface area (Å²) in [7, 11) is -4.45. The fourth-order valence-corrected chi connectivity index (χ4v) is 5.76. The number of carbonyl (C=O) groups excluding carboxylic acids is 1. The minimum absolute atomic E-state index is 0.00552. The van der Waals surface area contributed by atoms with E-state index in [4.69, 9.17) is 17.3 Å². The summed E-state index contributed by atoms with van der Waals surface area (Å²) in [6.45, 7) is 2.55. The molecule has 4 rings (SSSR count). The molecule has 0 saturated heterocycles. The van der Waals surface area contributed by atoms with Crippen molar-refractivity contribution in [2.75, 3.05) is 0 Å². The number of hydrogen-bond donors (Lipinski definition) is 4. The maximum absolute atomic E-state index is 12.9. The molecular formula is C22H24ClF3N4O3S. The van der Waals surface area contributed by atoms with Crippen LogP contribution in [0.1, 0.15) is 47.8 Å². The second kappa shape index (κ2) is 8.31. The van der Waals surface area contributed by atoms with Crippen LogP contribution in [-0.4, -0.2) is 31.5 Å². The molecule has 1 aromatic heterocycles. The van der Waals surface area contributed by atoms with E-state index in [1.807, 2.05) is 6.92 Å². The van der Waals surface area contributed by atoms with Crippen LogP contribution in [-0.2, 0) is 15.6 Å². The highest BCUT2D eigenvalue weighted by Crippen LogP contribution is 2.47. The van der Waals surface area contributed by atoms with Crippen molar-refractivity contribution >= 4 is 38.4 Å². The number of sulfonamides is 1. The number of H-pyrrole nitrogens is 1. The summed E-state index contributed by atoms with van der Waals surface area (Å²) < 4.78 is 65.5. The fraction of sp³-hybridized carbons (Fsp3) is 0.409. The van der Waals surface area contributed by atoms with E-state index in [1.54, 1.807) is 22.9 Å². The molecule has 184 valence electrons. The number of hydrogen-bond acceptors (Lipinski definition) is 4. The van der Waals surface area contributed by atoms with Crippen molar-refractivity contribution < 1.29 is 26.4 Å². The number of amides is 1. The molecule has 2 heterocycles. The lowest BCUT2D eigenvalue weighted by atomic mass is 9.67. The number of dihydropyridines is 1. The standard InChI is InChI=1S/C22H24ClF3N4O3S/c1-11-8-17-15(9-16(11)23)18(20(27)31)19(29-17)21(13-4-3-5-13)7-6-14(10-28-21)34(32,33)30-12(2)22(24,25)26/h6-10,12-13,28-30H,3-5H2,1-2H3,(H2,27,31)/t12-,21?/m1/s1. The topological polar surface area (TPSA) is 117 Å². The molecule has 12 heteroatoms. The van der Waals surface area contributed by atoms with Crippen LogP contribution < -0.4 is 15.8 Å². The summed E-state index contributed by atoms with van der Waals surface area (Å²) in [5.74, 6) is -0.688. The average molecular weight is 517 g/mol. The van der Waals surface area contributed by atoms with Crippen LogP contribution in [0, 0.1) is 12.8 Å². The molecule has 7 nitrogen and oxygen atoms in total. The number of nitrogens with one attached hydrogen (secondary N) is 3. The maximum Gasteiger partial charge on any atom is 0.404 e. The minimum atomic E-state index is -4.73. The largest absolute Gasteiger partial charge is 0.404 e. The van der Waals surface area contributed by atoms with E-state index in [0.29, 0.717) is 21.6 Å². The molecule has 1 aromatic carbocycles. The first-order valence-corrected chi connectivity index (χ1v) is 12.5. The third kappa shape index (κ3) is 4.09. The zero-order chi connectivity index (χ0) is 25.1. The second-order valence-corrected chi connectivity index (χ2v) is 10.9. The summed E-state index contributed by atoms with van der Waals surface area (Å²) in [6.07, 6.45) is 1.81. The van der Waals surface area contributed by atoms with Crippen LogP contribution in [0.4, 0.5) is 13.2 Å². The predicted molar refractivity (Wildman–Crippen MR) is 124 cm³/mol. The number of aromatic nitrogens is 1. The summed E-state index contributed by atoms with van der Waals surface area (Å²) >= 11 is 6.28. The number of fused-ring (bicyclic) bond motifs is 1. The number of aromatic amines is 1. The molecule has 2 atom stereocenters. The number of aryl methyl sites for hydroxylation is 1. The Kier molecular flexibility index (Phi) is 6.02. The third-order valence-corrected chi connectivity index (χ3v) is 8.53. The van der Waals surface area contributed by atoms with Crippen LogP contribution in [0.5, 0.6) is 0 Å². The first kappa shape index (κ1) is 24.6. The number of benzene rings is 1. The second-order valence-electron chi connectivity index (χ2n) is 8.79. The Morgan fingerprint density at radius 3 is 2.50 bits per heavy atom. The fourth-order valence-electron chi connectivity index (χ4n) is 4.40. The third-order valence-electron chi connectivity index (χ3n) is 6.58. The van der Waals surface area contributed by atoms with E-state index in [1.165, 1.54) is 6.08 Å². The van der Waals surface area contributed by atoms with Gasteiger partial charge in [0, 0.05) is 22.1 Å². The van der Waals surface area contributed by atoms with Gasteiger partial charge >= 0.3 is 6.18 Å². The molecule has 1 fully saturated rings. The van der Waals surface area contributed by atoms with Gasteiger partial charge in [0.05, 0.1) is 21.7 Å². The Hall–Kier alpha value is -2.50. The number of alkyl halides is 3. The number of nitrogens with two attached hydrogens (primary N) is 1. The zero-order valence-electron chi connectivity index (χ0n) is 18.4. The van der Waals surface area contributed by atoms with E-state index >= 15 is 0 Å². The van der Waals surface area contributed by atoms with Gasteiger partial charge in [-0.1, -0.05) is 24.1 Å². The van der Waals surface area contributed by atoms with Gasteiger partial charge in [0.2, 0.25) is 10.0 Å².